The minimum absolute atomic E-state index is 0.0762. The summed E-state index contributed by atoms with van der Waals surface area (Å²) in [5.41, 5.74) is 3.48. The number of nitrogens with zero attached hydrogens (tertiary/aromatic N) is 4. The third kappa shape index (κ3) is 3.41. The van der Waals surface area contributed by atoms with Crippen molar-refractivity contribution in [1.29, 1.82) is 0 Å². The van der Waals surface area contributed by atoms with E-state index in [1.54, 1.807) is 18.6 Å². The normalized spacial score (nSPS) is 15.4. The topological polar surface area (TPSA) is 74.8 Å². The molecule has 6 nitrogen and oxygen atoms in total. The molecule has 26 heavy (non-hydrogen) atoms. The number of benzene rings is 1. The molecule has 3 aromatic rings. The first-order valence-corrected chi connectivity index (χ1v) is 8.86. The highest BCUT2D eigenvalue weighted by molar-refractivity contribution is 5.47. The number of H-pyrrole nitrogens is 1. The van der Waals surface area contributed by atoms with Crippen molar-refractivity contribution in [3.05, 3.63) is 76.1 Å². The van der Waals surface area contributed by atoms with Gasteiger partial charge in [-0.3, -0.25) is 14.7 Å². The molecular formula is C20H21N5O. The second-order valence-corrected chi connectivity index (χ2v) is 6.73. The van der Waals surface area contributed by atoms with Crippen LogP contribution in [0, 0.1) is 0 Å². The van der Waals surface area contributed by atoms with Gasteiger partial charge < -0.3 is 4.98 Å². The Morgan fingerprint density at radius 2 is 2.08 bits per heavy atom. The van der Waals surface area contributed by atoms with E-state index in [1.807, 2.05) is 6.07 Å². The Hall–Kier alpha value is -2.86. The number of aromatic amines is 1. The lowest BCUT2D eigenvalue weighted by Crippen LogP contribution is -2.37. The lowest BCUT2D eigenvalue weighted by atomic mass is 9.99. The number of aromatic nitrogens is 4. The molecule has 1 aliphatic rings. The number of hydrogen-bond donors (Lipinski definition) is 1. The number of nitrogens with one attached hydrogen (secondary N) is 1. The monoisotopic (exact) mass is 347 g/mol. The van der Waals surface area contributed by atoms with Crippen LogP contribution in [0.3, 0.4) is 0 Å². The van der Waals surface area contributed by atoms with Gasteiger partial charge in [-0.15, -0.1) is 0 Å². The molecule has 132 valence electrons. The zero-order valence-electron chi connectivity index (χ0n) is 14.7. The molecule has 0 unspecified atom stereocenters. The Kier molecular flexibility index (Phi) is 4.58. The lowest BCUT2D eigenvalue weighted by Gasteiger charge is -2.30. The first-order chi connectivity index (χ1) is 12.7. The van der Waals surface area contributed by atoms with Gasteiger partial charge in [0.15, 0.2) is 5.82 Å². The predicted octanol–water partition coefficient (Wildman–Crippen LogP) is 2.39. The standard InChI is InChI=1S/C20H21N5O/c1-14(15-5-3-2-4-6-15)12-25-10-7-17-16(13-25)20(26)24-19(23-17)18-11-21-8-9-22-18/h2-6,8-9,11,14H,7,10,12-13H2,1H3,(H,23,24,26)/t14-/m0/s1. The van der Waals surface area contributed by atoms with Crippen LogP contribution < -0.4 is 5.56 Å². The van der Waals surface area contributed by atoms with Crippen molar-refractivity contribution in [2.75, 3.05) is 13.1 Å². The molecule has 0 saturated carbocycles. The predicted molar refractivity (Wildman–Crippen MR) is 99.7 cm³/mol. The molecule has 0 fully saturated rings. The molecule has 0 amide bonds. The largest absolute Gasteiger partial charge is 0.305 e. The lowest BCUT2D eigenvalue weighted by molar-refractivity contribution is 0.238. The van der Waals surface area contributed by atoms with E-state index in [4.69, 9.17) is 0 Å². The summed E-state index contributed by atoms with van der Waals surface area (Å²) in [5, 5.41) is 0. The van der Waals surface area contributed by atoms with E-state index in [0.29, 0.717) is 24.0 Å². The molecule has 0 radical (unpaired) electrons. The molecule has 2 aromatic heterocycles. The molecule has 3 heterocycles. The molecule has 0 bridgehead atoms. The van der Waals surface area contributed by atoms with Crippen molar-refractivity contribution >= 4 is 0 Å². The maximum absolute atomic E-state index is 12.6. The smallest absolute Gasteiger partial charge is 0.255 e. The maximum atomic E-state index is 12.6. The van der Waals surface area contributed by atoms with Crippen LogP contribution in [0.25, 0.3) is 11.5 Å². The van der Waals surface area contributed by atoms with Gasteiger partial charge in [-0.25, -0.2) is 9.97 Å². The average molecular weight is 347 g/mol. The maximum Gasteiger partial charge on any atom is 0.255 e. The van der Waals surface area contributed by atoms with Gasteiger partial charge in [0.2, 0.25) is 0 Å². The Labute approximate surface area is 152 Å². The van der Waals surface area contributed by atoms with Crippen LogP contribution in [0.15, 0.2) is 53.7 Å². The summed E-state index contributed by atoms with van der Waals surface area (Å²) >= 11 is 0. The van der Waals surface area contributed by atoms with Gasteiger partial charge in [0.25, 0.3) is 5.56 Å². The minimum Gasteiger partial charge on any atom is -0.305 e. The summed E-state index contributed by atoms with van der Waals surface area (Å²) in [6, 6.07) is 10.5. The van der Waals surface area contributed by atoms with Crippen LogP contribution in [-0.2, 0) is 13.0 Å². The Balaban J connectivity index is 1.53. The van der Waals surface area contributed by atoms with Gasteiger partial charge in [-0.05, 0) is 11.5 Å². The summed E-state index contributed by atoms with van der Waals surface area (Å²) in [7, 11) is 0. The Morgan fingerprint density at radius 1 is 1.23 bits per heavy atom. The summed E-state index contributed by atoms with van der Waals surface area (Å²) in [6.45, 7) is 4.69. The van der Waals surface area contributed by atoms with Crippen molar-refractivity contribution in [2.24, 2.45) is 0 Å². The average Bonchev–Trinajstić information content (AvgIpc) is 2.69. The highest BCUT2D eigenvalue weighted by Gasteiger charge is 2.23. The molecule has 0 saturated heterocycles. The van der Waals surface area contributed by atoms with Crippen LogP contribution in [0.1, 0.15) is 29.7 Å². The molecule has 1 aromatic carbocycles. The number of fused-ring (bicyclic) bond motifs is 1. The van der Waals surface area contributed by atoms with Gasteiger partial charge in [0.05, 0.1) is 17.5 Å². The summed E-state index contributed by atoms with van der Waals surface area (Å²) < 4.78 is 0. The highest BCUT2D eigenvalue weighted by atomic mass is 16.1. The van der Waals surface area contributed by atoms with E-state index in [-0.39, 0.29) is 5.56 Å². The minimum atomic E-state index is -0.0762. The fourth-order valence-electron chi connectivity index (χ4n) is 3.45. The quantitative estimate of drug-likeness (QED) is 0.784. The van der Waals surface area contributed by atoms with E-state index < -0.39 is 0 Å². The van der Waals surface area contributed by atoms with Gasteiger partial charge in [0, 0.05) is 38.4 Å². The molecular weight excluding hydrogens is 326 g/mol. The molecule has 1 atom stereocenters. The van der Waals surface area contributed by atoms with Gasteiger partial charge in [-0.1, -0.05) is 37.3 Å². The number of rotatable bonds is 4. The van der Waals surface area contributed by atoms with E-state index in [2.05, 4.69) is 56.0 Å². The van der Waals surface area contributed by atoms with E-state index >= 15 is 0 Å². The summed E-state index contributed by atoms with van der Waals surface area (Å²) in [6.07, 6.45) is 5.59. The van der Waals surface area contributed by atoms with Gasteiger partial charge >= 0.3 is 0 Å². The van der Waals surface area contributed by atoms with Crippen molar-refractivity contribution in [3.63, 3.8) is 0 Å². The van der Waals surface area contributed by atoms with Crippen LogP contribution >= 0.6 is 0 Å². The van der Waals surface area contributed by atoms with E-state index in [0.717, 1.165) is 30.8 Å². The zero-order valence-corrected chi connectivity index (χ0v) is 14.7. The van der Waals surface area contributed by atoms with E-state index in [1.165, 1.54) is 5.56 Å². The third-order valence-electron chi connectivity index (χ3n) is 4.85. The van der Waals surface area contributed by atoms with Crippen molar-refractivity contribution in [3.8, 4) is 11.5 Å². The summed E-state index contributed by atoms with van der Waals surface area (Å²) in [5.74, 6) is 0.914. The first-order valence-electron chi connectivity index (χ1n) is 8.86. The molecule has 1 aliphatic heterocycles. The van der Waals surface area contributed by atoms with Gasteiger partial charge in [0.1, 0.15) is 5.69 Å². The second kappa shape index (κ2) is 7.17. The molecule has 6 heteroatoms. The molecule has 4 rings (SSSR count). The Morgan fingerprint density at radius 3 is 2.85 bits per heavy atom. The van der Waals surface area contributed by atoms with Crippen LogP contribution in [-0.4, -0.2) is 37.9 Å². The summed E-state index contributed by atoms with van der Waals surface area (Å²) in [4.78, 5) is 30.7. The third-order valence-corrected chi connectivity index (χ3v) is 4.85. The fraction of sp³-hybridized carbons (Fsp3) is 0.300. The van der Waals surface area contributed by atoms with Crippen molar-refractivity contribution in [1.82, 2.24) is 24.8 Å². The van der Waals surface area contributed by atoms with Crippen molar-refractivity contribution < 1.29 is 0 Å². The molecule has 1 N–H and O–H groups in total. The fourth-order valence-corrected chi connectivity index (χ4v) is 3.45. The molecule has 0 aliphatic carbocycles. The SMILES string of the molecule is C[C@@H](CN1CCc2nc(-c3cnccn3)[nH]c(=O)c2C1)c1ccccc1. The van der Waals surface area contributed by atoms with E-state index in [9.17, 15) is 4.79 Å². The first kappa shape index (κ1) is 16.6. The molecule has 0 spiro atoms. The van der Waals surface area contributed by atoms with Crippen molar-refractivity contribution in [2.45, 2.75) is 25.8 Å². The van der Waals surface area contributed by atoms with Gasteiger partial charge in [-0.2, -0.15) is 0 Å². The Bertz CT molecular complexity index is 939. The highest BCUT2D eigenvalue weighted by Crippen LogP contribution is 2.21. The second-order valence-electron chi connectivity index (χ2n) is 6.73. The van der Waals surface area contributed by atoms with Crippen LogP contribution in [0.4, 0.5) is 0 Å². The van der Waals surface area contributed by atoms with Crippen LogP contribution in [0.5, 0.6) is 0 Å². The zero-order chi connectivity index (χ0) is 17.9. The van der Waals surface area contributed by atoms with Crippen LogP contribution in [0.2, 0.25) is 0 Å². The number of hydrogen-bond acceptors (Lipinski definition) is 5.